The fourth-order valence-corrected chi connectivity index (χ4v) is 6.49. The van der Waals surface area contributed by atoms with Crippen molar-refractivity contribution < 1.29 is 13.2 Å². The Bertz CT molecular complexity index is 1540. The Balaban J connectivity index is 1.45. The number of hydrogen-bond acceptors (Lipinski definition) is 6. The van der Waals surface area contributed by atoms with Gasteiger partial charge in [0.1, 0.15) is 9.84 Å². The van der Waals surface area contributed by atoms with Crippen LogP contribution >= 0.6 is 11.3 Å². The van der Waals surface area contributed by atoms with Crippen LogP contribution in [0.2, 0.25) is 0 Å². The molecule has 186 valence electrons. The summed E-state index contributed by atoms with van der Waals surface area (Å²) in [6.45, 7) is 3.27. The molecule has 2 aromatic heterocycles. The maximum absolute atomic E-state index is 13.0. The van der Waals surface area contributed by atoms with E-state index in [0.29, 0.717) is 36.5 Å². The van der Waals surface area contributed by atoms with Crippen LogP contribution in [0.4, 0.5) is 11.4 Å². The molecule has 1 saturated heterocycles. The molecule has 0 unspecified atom stereocenters. The molecule has 5 rings (SSSR count). The minimum atomic E-state index is -3.03. The summed E-state index contributed by atoms with van der Waals surface area (Å²) in [4.78, 5) is 15.9. The Morgan fingerprint density at radius 1 is 1.14 bits per heavy atom. The van der Waals surface area contributed by atoms with Gasteiger partial charge in [0.15, 0.2) is 0 Å². The first kappa shape index (κ1) is 24.3. The van der Waals surface area contributed by atoms with Crippen molar-refractivity contribution in [3.8, 4) is 0 Å². The van der Waals surface area contributed by atoms with Gasteiger partial charge in [-0.3, -0.25) is 9.89 Å². The molecular weight excluding hydrogens is 492 g/mol. The van der Waals surface area contributed by atoms with Crippen LogP contribution in [0, 0.1) is 6.92 Å². The van der Waals surface area contributed by atoms with Gasteiger partial charge in [0.2, 0.25) is 0 Å². The van der Waals surface area contributed by atoms with E-state index >= 15 is 0 Å². The molecule has 0 radical (unpaired) electrons. The SMILES string of the molecule is Cc1ccsc1C(=O)Nc1ccc(N2CCC(S(C)(=O)=O)CC2)cc1C=Cc1n[nH]c2ccccc12. The number of H-pyrrole nitrogens is 1. The van der Waals surface area contributed by atoms with Gasteiger partial charge in [0.25, 0.3) is 5.91 Å². The lowest BCUT2D eigenvalue weighted by Gasteiger charge is -2.33. The van der Waals surface area contributed by atoms with Crippen molar-refractivity contribution in [3.63, 3.8) is 0 Å². The largest absolute Gasteiger partial charge is 0.371 e. The van der Waals surface area contributed by atoms with E-state index in [9.17, 15) is 13.2 Å². The average molecular weight is 521 g/mol. The van der Waals surface area contributed by atoms with E-state index in [1.54, 1.807) is 0 Å². The number of aromatic amines is 1. The van der Waals surface area contributed by atoms with Gasteiger partial charge in [-0.25, -0.2) is 8.42 Å². The number of nitrogens with one attached hydrogen (secondary N) is 2. The normalized spacial score (nSPS) is 15.1. The second-order valence-electron chi connectivity index (χ2n) is 9.16. The molecule has 0 saturated carbocycles. The summed E-state index contributed by atoms with van der Waals surface area (Å²) in [7, 11) is -3.03. The zero-order valence-corrected chi connectivity index (χ0v) is 21.8. The zero-order valence-electron chi connectivity index (χ0n) is 20.2. The van der Waals surface area contributed by atoms with Crippen LogP contribution in [0.1, 0.15) is 39.3 Å². The predicted octanol–water partition coefficient (Wildman–Crippen LogP) is 5.37. The minimum absolute atomic E-state index is 0.135. The van der Waals surface area contributed by atoms with Gasteiger partial charge in [-0.2, -0.15) is 5.10 Å². The number of fused-ring (bicyclic) bond motifs is 1. The van der Waals surface area contributed by atoms with Crippen molar-refractivity contribution in [2.45, 2.75) is 25.0 Å². The summed E-state index contributed by atoms with van der Waals surface area (Å²) in [5.41, 5.74) is 5.28. The lowest BCUT2D eigenvalue weighted by atomic mass is 10.1. The van der Waals surface area contributed by atoms with Crippen molar-refractivity contribution in [1.29, 1.82) is 0 Å². The lowest BCUT2D eigenvalue weighted by Crippen LogP contribution is -2.39. The van der Waals surface area contributed by atoms with Crippen LogP contribution in [0.5, 0.6) is 0 Å². The Morgan fingerprint density at radius 3 is 2.64 bits per heavy atom. The molecule has 3 heterocycles. The number of piperidine rings is 1. The number of nitrogens with zero attached hydrogens (tertiary/aromatic N) is 2. The van der Waals surface area contributed by atoms with Gasteiger partial charge in [0, 0.05) is 41.7 Å². The van der Waals surface area contributed by atoms with E-state index in [4.69, 9.17) is 0 Å². The fourth-order valence-electron chi connectivity index (χ4n) is 4.61. The average Bonchev–Trinajstić information content (AvgIpc) is 3.49. The molecule has 1 aliphatic rings. The second-order valence-corrected chi connectivity index (χ2v) is 12.4. The number of aryl methyl sites for hydroxylation is 1. The van der Waals surface area contributed by atoms with Gasteiger partial charge in [0.05, 0.1) is 21.3 Å². The highest BCUT2D eigenvalue weighted by Gasteiger charge is 2.27. The Morgan fingerprint density at radius 2 is 1.92 bits per heavy atom. The summed E-state index contributed by atoms with van der Waals surface area (Å²) in [5.74, 6) is -0.135. The van der Waals surface area contributed by atoms with Crippen LogP contribution in [0.3, 0.4) is 0 Å². The van der Waals surface area contributed by atoms with Crippen LogP contribution in [-0.4, -0.2) is 49.1 Å². The molecule has 2 aromatic carbocycles. The Hall–Kier alpha value is -3.43. The van der Waals surface area contributed by atoms with Crippen molar-refractivity contribution in [1.82, 2.24) is 10.2 Å². The molecule has 1 aliphatic heterocycles. The maximum atomic E-state index is 13.0. The van der Waals surface area contributed by atoms with Gasteiger partial charge >= 0.3 is 0 Å². The molecule has 36 heavy (non-hydrogen) atoms. The number of carbonyl (C=O) groups excluding carboxylic acids is 1. The van der Waals surface area contributed by atoms with Crippen LogP contribution in [0.25, 0.3) is 23.1 Å². The van der Waals surface area contributed by atoms with Crippen LogP contribution < -0.4 is 10.2 Å². The van der Waals surface area contributed by atoms with Crippen LogP contribution in [-0.2, 0) is 9.84 Å². The molecule has 0 bridgehead atoms. The number of anilines is 2. The van der Waals surface area contributed by atoms with E-state index < -0.39 is 9.84 Å². The molecule has 7 nitrogen and oxygen atoms in total. The van der Waals surface area contributed by atoms with Crippen molar-refractivity contribution in [2.24, 2.45) is 0 Å². The second kappa shape index (κ2) is 9.91. The van der Waals surface area contributed by atoms with E-state index in [1.807, 2.05) is 73.0 Å². The molecule has 0 aliphatic carbocycles. The summed E-state index contributed by atoms with van der Waals surface area (Å²) >= 11 is 1.42. The number of para-hydroxylation sites is 1. The number of thiophene rings is 1. The third-order valence-corrected chi connectivity index (χ3v) is 9.38. The predicted molar refractivity (Wildman–Crippen MR) is 149 cm³/mol. The first-order valence-electron chi connectivity index (χ1n) is 11.8. The van der Waals surface area contributed by atoms with Crippen molar-refractivity contribution >= 4 is 61.5 Å². The molecule has 4 aromatic rings. The number of hydrogen-bond donors (Lipinski definition) is 2. The molecule has 2 N–H and O–H groups in total. The monoisotopic (exact) mass is 520 g/mol. The molecule has 0 spiro atoms. The first-order chi connectivity index (χ1) is 17.3. The number of rotatable bonds is 6. The van der Waals surface area contributed by atoms with Crippen molar-refractivity contribution in [3.05, 3.63) is 75.6 Å². The third kappa shape index (κ3) is 5.08. The van der Waals surface area contributed by atoms with E-state index in [1.165, 1.54) is 17.6 Å². The number of sulfone groups is 1. The number of benzene rings is 2. The molecule has 1 amide bonds. The molecule has 9 heteroatoms. The summed E-state index contributed by atoms with van der Waals surface area (Å²) < 4.78 is 23.9. The van der Waals surface area contributed by atoms with Gasteiger partial charge in [-0.15, -0.1) is 11.3 Å². The quantitative estimate of drug-likeness (QED) is 0.356. The minimum Gasteiger partial charge on any atom is -0.371 e. The maximum Gasteiger partial charge on any atom is 0.266 e. The topological polar surface area (TPSA) is 95.2 Å². The summed E-state index contributed by atoms with van der Waals surface area (Å²) in [5, 5.41) is 13.2. The number of amides is 1. The number of carbonyl (C=O) groups is 1. The highest BCUT2D eigenvalue weighted by atomic mass is 32.2. The smallest absolute Gasteiger partial charge is 0.266 e. The Kier molecular flexibility index (Phi) is 6.68. The van der Waals surface area contributed by atoms with Gasteiger partial charge in [-0.05, 0) is 67.1 Å². The highest BCUT2D eigenvalue weighted by molar-refractivity contribution is 7.91. The zero-order chi connectivity index (χ0) is 25.3. The lowest BCUT2D eigenvalue weighted by molar-refractivity contribution is 0.103. The van der Waals surface area contributed by atoms with E-state index in [2.05, 4.69) is 20.4 Å². The molecule has 0 atom stereocenters. The van der Waals surface area contributed by atoms with Gasteiger partial charge < -0.3 is 10.2 Å². The number of aromatic nitrogens is 2. The Labute approximate surface area is 214 Å². The molecule has 1 fully saturated rings. The third-order valence-electron chi connectivity index (χ3n) is 6.68. The highest BCUT2D eigenvalue weighted by Crippen LogP contribution is 2.30. The van der Waals surface area contributed by atoms with Crippen LogP contribution in [0.15, 0.2) is 53.9 Å². The summed E-state index contributed by atoms with van der Waals surface area (Å²) in [6, 6.07) is 15.8. The van der Waals surface area contributed by atoms with E-state index in [0.717, 1.165) is 33.4 Å². The van der Waals surface area contributed by atoms with Gasteiger partial charge in [-0.1, -0.05) is 24.3 Å². The molecular formula is C27H28N4O3S2. The van der Waals surface area contributed by atoms with Crippen molar-refractivity contribution in [2.75, 3.05) is 29.6 Å². The summed E-state index contributed by atoms with van der Waals surface area (Å²) in [6.07, 6.45) is 6.45. The fraction of sp³-hybridized carbons (Fsp3) is 0.259. The standard InChI is InChI=1S/C27H28N4O3S2/c1-18-13-16-35-26(18)27(32)28-23-10-8-20(31-14-11-21(12-15-31)36(2,33)34)17-19(23)7-9-25-22-5-3-4-6-24(22)29-30-25/h3-10,13,16-17,21H,11-12,14-15H2,1-2H3,(H,28,32)(H,29,30). The van der Waals surface area contributed by atoms with E-state index in [-0.39, 0.29) is 11.2 Å². The first-order valence-corrected chi connectivity index (χ1v) is 14.7.